The SMILES string of the molecule is CC(C)NCCOc1ccc(S(=O)(=O)NC(C)(C)C)cc1. The van der Waals surface area contributed by atoms with Gasteiger partial charge in [-0.15, -0.1) is 0 Å². The molecule has 2 N–H and O–H groups in total. The number of hydrogen-bond donors (Lipinski definition) is 2. The third-order valence-corrected chi connectivity index (χ3v) is 4.27. The molecule has 0 fully saturated rings. The van der Waals surface area contributed by atoms with Crippen molar-refractivity contribution in [2.24, 2.45) is 0 Å². The third kappa shape index (κ3) is 6.93. The molecule has 120 valence electrons. The van der Waals surface area contributed by atoms with Crippen molar-refractivity contribution in [3.63, 3.8) is 0 Å². The summed E-state index contributed by atoms with van der Waals surface area (Å²) in [5.74, 6) is 0.662. The molecule has 0 spiro atoms. The highest BCUT2D eigenvalue weighted by atomic mass is 32.2. The minimum atomic E-state index is -3.49. The molecule has 5 nitrogen and oxygen atoms in total. The minimum Gasteiger partial charge on any atom is -0.492 e. The van der Waals surface area contributed by atoms with Gasteiger partial charge in [-0.3, -0.25) is 0 Å². The lowest BCUT2D eigenvalue weighted by Crippen LogP contribution is -2.40. The molecule has 21 heavy (non-hydrogen) atoms. The summed E-state index contributed by atoms with van der Waals surface area (Å²) < 4.78 is 32.4. The van der Waals surface area contributed by atoms with Crippen LogP contribution < -0.4 is 14.8 Å². The van der Waals surface area contributed by atoms with E-state index in [4.69, 9.17) is 4.74 Å². The summed E-state index contributed by atoms with van der Waals surface area (Å²) in [4.78, 5) is 0.241. The molecule has 0 aliphatic rings. The molecular weight excluding hydrogens is 288 g/mol. The van der Waals surface area contributed by atoms with E-state index in [1.165, 1.54) is 0 Å². The predicted octanol–water partition coefficient (Wildman–Crippen LogP) is 2.14. The van der Waals surface area contributed by atoms with E-state index in [0.29, 0.717) is 18.4 Å². The molecule has 0 aromatic heterocycles. The average Bonchev–Trinajstić information content (AvgIpc) is 2.32. The number of sulfonamides is 1. The number of benzene rings is 1. The topological polar surface area (TPSA) is 67.4 Å². The molecule has 0 radical (unpaired) electrons. The number of hydrogen-bond acceptors (Lipinski definition) is 4. The first-order valence-electron chi connectivity index (χ1n) is 7.10. The fourth-order valence-electron chi connectivity index (χ4n) is 1.69. The van der Waals surface area contributed by atoms with E-state index in [-0.39, 0.29) is 4.90 Å². The Morgan fingerprint density at radius 1 is 1.14 bits per heavy atom. The first-order valence-corrected chi connectivity index (χ1v) is 8.59. The summed E-state index contributed by atoms with van der Waals surface area (Å²) in [7, 11) is -3.49. The van der Waals surface area contributed by atoms with Crippen LogP contribution in [-0.4, -0.2) is 33.2 Å². The summed E-state index contributed by atoms with van der Waals surface area (Å²) >= 11 is 0. The van der Waals surface area contributed by atoms with Crippen molar-refractivity contribution in [2.45, 2.75) is 51.1 Å². The van der Waals surface area contributed by atoms with Gasteiger partial charge in [0.05, 0.1) is 4.90 Å². The van der Waals surface area contributed by atoms with E-state index < -0.39 is 15.6 Å². The molecule has 0 bridgehead atoms. The number of rotatable bonds is 7. The van der Waals surface area contributed by atoms with E-state index >= 15 is 0 Å². The van der Waals surface area contributed by atoms with Gasteiger partial charge in [0, 0.05) is 18.1 Å². The highest BCUT2D eigenvalue weighted by Crippen LogP contribution is 2.17. The first kappa shape index (κ1) is 17.9. The lowest BCUT2D eigenvalue weighted by atomic mass is 10.1. The smallest absolute Gasteiger partial charge is 0.241 e. The lowest BCUT2D eigenvalue weighted by molar-refractivity contribution is 0.308. The third-order valence-electron chi connectivity index (χ3n) is 2.50. The Morgan fingerprint density at radius 3 is 2.19 bits per heavy atom. The Bertz CT molecular complexity index is 531. The molecule has 0 aliphatic carbocycles. The van der Waals surface area contributed by atoms with Gasteiger partial charge in [-0.25, -0.2) is 13.1 Å². The molecule has 1 rings (SSSR count). The van der Waals surface area contributed by atoms with Crippen LogP contribution in [0.2, 0.25) is 0 Å². The van der Waals surface area contributed by atoms with Gasteiger partial charge >= 0.3 is 0 Å². The fourth-order valence-corrected chi connectivity index (χ4v) is 3.11. The van der Waals surface area contributed by atoms with Crippen LogP contribution in [0.25, 0.3) is 0 Å². The largest absolute Gasteiger partial charge is 0.492 e. The summed E-state index contributed by atoms with van der Waals surface area (Å²) in [6, 6.07) is 6.88. The summed E-state index contributed by atoms with van der Waals surface area (Å²) in [6.45, 7) is 10.9. The van der Waals surface area contributed by atoms with E-state index in [0.717, 1.165) is 6.54 Å². The Labute approximate surface area is 128 Å². The minimum absolute atomic E-state index is 0.241. The van der Waals surface area contributed by atoms with Crippen LogP contribution in [-0.2, 0) is 10.0 Å². The highest BCUT2D eigenvalue weighted by molar-refractivity contribution is 7.89. The Morgan fingerprint density at radius 2 is 1.71 bits per heavy atom. The maximum atomic E-state index is 12.1. The standard InChI is InChI=1S/C15H26N2O3S/c1-12(2)16-10-11-20-13-6-8-14(9-7-13)21(18,19)17-15(3,4)5/h6-9,12,16-17H,10-11H2,1-5H3. The fraction of sp³-hybridized carbons (Fsp3) is 0.600. The summed E-state index contributed by atoms with van der Waals surface area (Å²) in [5.41, 5.74) is -0.503. The Kier molecular flexibility index (Phi) is 6.19. The quantitative estimate of drug-likeness (QED) is 0.757. The second-order valence-electron chi connectivity index (χ2n) is 6.28. The van der Waals surface area contributed by atoms with Gasteiger partial charge < -0.3 is 10.1 Å². The molecule has 0 aliphatic heterocycles. The average molecular weight is 314 g/mol. The first-order chi connectivity index (χ1) is 9.60. The molecule has 1 aromatic carbocycles. The van der Waals surface area contributed by atoms with Gasteiger partial charge in [0.2, 0.25) is 10.0 Å². The summed E-state index contributed by atoms with van der Waals surface area (Å²) in [5, 5.41) is 3.25. The Hall–Kier alpha value is -1.11. The van der Waals surface area contributed by atoms with Gasteiger partial charge in [-0.1, -0.05) is 13.8 Å². The van der Waals surface area contributed by atoms with E-state index in [1.54, 1.807) is 24.3 Å². The zero-order valence-electron chi connectivity index (χ0n) is 13.4. The summed E-state index contributed by atoms with van der Waals surface area (Å²) in [6.07, 6.45) is 0. The van der Waals surface area contributed by atoms with Crippen molar-refractivity contribution in [2.75, 3.05) is 13.2 Å². The molecule has 0 saturated heterocycles. The van der Waals surface area contributed by atoms with Crippen molar-refractivity contribution in [1.82, 2.24) is 10.0 Å². The predicted molar refractivity (Wildman–Crippen MR) is 85.2 cm³/mol. The van der Waals surface area contributed by atoms with Gasteiger partial charge in [0.25, 0.3) is 0 Å². The van der Waals surface area contributed by atoms with Crippen LogP contribution in [0.4, 0.5) is 0 Å². The van der Waals surface area contributed by atoms with Gasteiger partial charge in [0.1, 0.15) is 12.4 Å². The molecule has 6 heteroatoms. The van der Waals surface area contributed by atoms with Crippen LogP contribution in [0.3, 0.4) is 0 Å². The van der Waals surface area contributed by atoms with Crippen LogP contribution in [0.1, 0.15) is 34.6 Å². The van der Waals surface area contributed by atoms with Gasteiger partial charge in [0.15, 0.2) is 0 Å². The van der Waals surface area contributed by atoms with Crippen molar-refractivity contribution < 1.29 is 13.2 Å². The molecular formula is C15H26N2O3S. The zero-order chi connectivity index (χ0) is 16.1. The highest BCUT2D eigenvalue weighted by Gasteiger charge is 2.21. The van der Waals surface area contributed by atoms with Crippen LogP contribution in [0, 0.1) is 0 Å². The van der Waals surface area contributed by atoms with E-state index in [9.17, 15) is 8.42 Å². The maximum Gasteiger partial charge on any atom is 0.241 e. The molecule has 0 amide bonds. The zero-order valence-corrected chi connectivity index (χ0v) is 14.3. The lowest BCUT2D eigenvalue weighted by Gasteiger charge is -2.20. The van der Waals surface area contributed by atoms with Crippen molar-refractivity contribution in [1.29, 1.82) is 0 Å². The molecule has 0 atom stereocenters. The number of ether oxygens (including phenoxy) is 1. The van der Waals surface area contributed by atoms with Crippen LogP contribution in [0.15, 0.2) is 29.2 Å². The monoisotopic (exact) mass is 314 g/mol. The Balaban J connectivity index is 2.61. The number of nitrogens with one attached hydrogen (secondary N) is 2. The normalized spacial score (nSPS) is 12.7. The molecule has 1 aromatic rings. The van der Waals surface area contributed by atoms with Crippen LogP contribution >= 0.6 is 0 Å². The second-order valence-corrected chi connectivity index (χ2v) is 7.97. The van der Waals surface area contributed by atoms with Gasteiger partial charge in [-0.2, -0.15) is 0 Å². The molecule has 0 heterocycles. The van der Waals surface area contributed by atoms with E-state index in [2.05, 4.69) is 23.9 Å². The second kappa shape index (κ2) is 7.24. The maximum absolute atomic E-state index is 12.1. The van der Waals surface area contributed by atoms with Crippen molar-refractivity contribution in [3.8, 4) is 5.75 Å². The molecule has 0 saturated carbocycles. The van der Waals surface area contributed by atoms with Gasteiger partial charge in [-0.05, 0) is 45.0 Å². The molecule has 0 unspecified atom stereocenters. The van der Waals surface area contributed by atoms with Crippen molar-refractivity contribution in [3.05, 3.63) is 24.3 Å². The van der Waals surface area contributed by atoms with Crippen LogP contribution in [0.5, 0.6) is 5.75 Å². The van der Waals surface area contributed by atoms with E-state index in [1.807, 2.05) is 20.8 Å². The van der Waals surface area contributed by atoms with Crippen molar-refractivity contribution >= 4 is 10.0 Å².